The van der Waals surface area contributed by atoms with Crippen LogP contribution in [0.4, 0.5) is 5.82 Å². The first-order valence-electron chi connectivity index (χ1n) is 8.79. The number of fused-ring (bicyclic) bond motifs is 1. The molecule has 2 aromatic rings. The molecule has 0 saturated heterocycles. The van der Waals surface area contributed by atoms with Gasteiger partial charge in [0.1, 0.15) is 11.9 Å². The lowest BCUT2D eigenvalue weighted by atomic mass is 10.0. The van der Waals surface area contributed by atoms with Crippen LogP contribution in [0, 0.1) is 25.2 Å². The normalized spacial score (nSPS) is 13.2. The molecule has 0 bridgehead atoms. The van der Waals surface area contributed by atoms with Crippen molar-refractivity contribution < 1.29 is 4.79 Å². The Labute approximate surface area is 153 Å². The van der Waals surface area contributed by atoms with Gasteiger partial charge in [-0.15, -0.1) is 0 Å². The number of nitrogens with zero attached hydrogens (tertiary/aromatic N) is 2. The van der Waals surface area contributed by atoms with E-state index >= 15 is 0 Å². The SMILES string of the molecule is Cc1cc(C)c2cc(C#N)c(NCCNC(=O)C3=CCCC=C3)nc2c1. The number of rotatable bonds is 5. The average molecular weight is 346 g/mol. The molecular weight excluding hydrogens is 324 g/mol. The third-order valence-corrected chi connectivity index (χ3v) is 4.37. The second kappa shape index (κ2) is 7.83. The monoisotopic (exact) mass is 346 g/mol. The number of hydrogen-bond acceptors (Lipinski definition) is 4. The highest BCUT2D eigenvalue weighted by molar-refractivity contribution is 5.96. The Kier molecular flexibility index (Phi) is 5.33. The van der Waals surface area contributed by atoms with E-state index in [-0.39, 0.29) is 5.91 Å². The molecule has 3 rings (SSSR count). The van der Waals surface area contributed by atoms with Gasteiger partial charge in [0.15, 0.2) is 0 Å². The van der Waals surface area contributed by atoms with Crippen LogP contribution >= 0.6 is 0 Å². The van der Waals surface area contributed by atoms with E-state index < -0.39 is 0 Å². The summed E-state index contributed by atoms with van der Waals surface area (Å²) in [5.74, 6) is 0.483. The zero-order chi connectivity index (χ0) is 18.5. The van der Waals surface area contributed by atoms with E-state index in [2.05, 4.69) is 27.8 Å². The maximum absolute atomic E-state index is 12.1. The molecule has 1 aromatic heterocycles. The van der Waals surface area contributed by atoms with E-state index in [4.69, 9.17) is 0 Å². The van der Waals surface area contributed by atoms with Crippen molar-refractivity contribution in [1.82, 2.24) is 10.3 Å². The Bertz CT molecular complexity index is 951. The summed E-state index contributed by atoms with van der Waals surface area (Å²) >= 11 is 0. The number of benzene rings is 1. The van der Waals surface area contributed by atoms with Crippen molar-refractivity contribution in [2.75, 3.05) is 18.4 Å². The molecule has 132 valence electrons. The lowest BCUT2D eigenvalue weighted by Gasteiger charge is -2.12. The topological polar surface area (TPSA) is 77.8 Å². The van der Waals surface area contributed by atoms with Crippen molar-refractivity contribution in [3.8, 4) is 6.07 Å². The number of nitrogens with one attached hydrogen (secondary N) is 2. The van der Waals surface area contributed by atoms with Gasteiger partial charge in [-0.05, 0) is 49.9 Å². The molecule has 0 aliphatic heterocycles. The highest BCUT2D eigenvalue weighted by Crippen LogP contribution is 2.24. The van der Waals surface area contributed by atoms with Crippen molar-refractivity contribution in [3.05, 3.63) is 58.7 Å². The summed E-state index contributed by atoms with van der Waals surface area (Å²) in [6, 6.07) is 8.17. The predicted molar refractivity (Wildman–Crippen MR) is 104 cm³/mol. The number of nitriles is 1. The number of carbonyl (C=O) groups excluding carboxylic acids is 1. The summed E-state index contributed by atoms with van der Waals surface area (Å²) in [5, 5.41) is 16.5. The third-order valence-electron chi connectivity index (χ3n) is 4.37. The molecule has 2 N–H and O–H groups in total. The van der Waals surface area contributed by atoms with E-state index in [1.807, 2.05) is 44.2 Å². The van der Waals surface area contributed by atoms with Gasteiger partial charge in [-0.1, -0.05) is 24.3 Å². The first kappa shape index (κ1) is 17.7. The van der Waals surface area contributed by atoms with Crippen LogP contribution in [-0.4, -0.2) is 24.0 Å². The highest BCUT2D eigenvalue weighted by atomic mass is 16.1. The van der Waals surface area contributed by atoms with Gasteiger partial charge < -0.3 is 10.6 Å². The lowest BCUT2D eigenvalue weighted by molar-refractivity contribution is -0.117. The molecule has 0 saturated carbocycles. The molecule has 1 aliphatic rings. The predicted octanol–water partition coefficient (Wildman–Crippen LogP) is 3.53. The second-order valence-corrected chi connectivity index (χ2v) is 6.47. The third kappa shape index (κ3) is 3.92. The molecule has 5 heteroatoms. The fourth-order valence-corrected chi connectivity index (χ4v) is 3.09. The Morgan fingerprint density at radius 3 is 2.81 bits per heavy atom. The summed E-state index contributed by atoms with van der Waals surface area (Å²) in [5.41, 5.74) is 4.33. The molecule has 0 fully saturated rings. The molecule has 0 spiro atoms. The molecule has 0 unspecified atom stereocenters. The van der Waals surface area contributed by atoms with Gasteiger partial charge in [-0.25, -0.2) is 4.98 Å². The van der Waals surface area contributed by atoms with Crippen LogP contribution in [0.15, 0.2) is 42.0 Å². The number of carbonyl (C=O) groups is 1. The number of aromatic nitrogens is 1. The van der Waals surface area contributed by atoms with E-state index in [1.54, 1.807) is 0 Å². The molecule has 1 aromatic carbocycles. The Morgan fingerprint density at radius 2 is 2.08 bits per heavy atom. The number of hydrogen-bond donors (Lipinski definition) is 2. The Balaban J connectivity index is 1.67. The fraction of sp³-hybridized carbons (Fsp3) is 0.286. The first-order chi connectivity index (χ1) is 12.6. The van der Waals surface area contributed by atoms with Crippen molar-refractivity contribution in [1.29, 1.82) is 5.26 Å². The van der Waals surface area contributed by atoms with Crippen LogP contribution in [0.5, 0.6) is 0 Å². The quantitative estimate of drug-likeness (QED) is 0.812. The molecule has 1 heterocycles. The molecule has 5 nitrogen and oxygen atoms in total. The first-order valence-corrected chi connectivity index (χ1v) is 8.79. The minimum absolute atomic E-state index is 0.0685. The average Bonchev–Trinajstić information content (AvgIpc) is 2.65. The standard InChI is InChI=1S/C21H22N4O/c1-14-10-15(2)18-12-17(13-22)20(25-19(18)11-14)23-8-9-24-21(26)16-6-4-3-5-7-16/h4,6-7,10-12H,3,5,8-9H2,1-2H3,(H,23,25)(H,24,26). The van der Waals surface area contributed by atoms with Crippen LogP contribution in [0.2, 0.25) is 0 Å². The molecule has 1 aliphatic carbocycles. The van der Waals surface area contributed by atoms with Crippen LogP contribution in [0.3, 0.4) is 0 Å². The van der Waals surface area contributed by atoms with E-state index in [0.717, 1.165) is 34.9 Å². The molecule has 26 heavy (non-hydrogen) atoms. The lowest BCUT2D eigenvalue weighted by Crippen LogP contribution is -2.30. The summed E-state index contributed by atoms with van der Waals surface area (Å²) < 4.78 is 0. The number of anilines is 1. The number of amides is 1. The second-order valence-electron chi connectivity index (χ2n) is 6.47. The van der Waals surface area contributed by atoms with Gasteiger partial charge in [0.25, 0.3) is 5.91 Å². The van der Waals surface area contributed by atoms with E-state index in [0.29, 0.717) is 30.0 Å². The van der Waals surface area contributed by atoms with E-state index in [1.165, 1.54) is 0 Å². The Hall–Kier alpha value is -3.13. The van der Waals surface area contributed by atoms with E-state index in [9.17, 15) is 10.1 Å². The number of pyridine rings is 1. The largest absolute Gasteiger partial charge is 0.367 e. The van der Waals surface area contributed by atoms with Gasteiger partial charge in [-0.3, -0.25) is 4.79 Å². The minimum Gasteiger partial charge on any atom is -0.367 e. The smallest absolute Gasteiger partial charge is 0.251 e. The summed E-state index contributed by atoms with van der Waals surface area (Å²) in [6.45, 7) is 5.01. The zero-order valence-corrected chi connectivity index (χ0v) is 15.1. The van der Waals surface area contributed by atoms with Crippen LogP contribution < -0.4 is 10.6 Å². The molecule has 0 atom stereocenters. The van der Waals surface area contributed by atoms with Gasteiger partial charge in [0, 0.05) is 24.0 Å². The Morgan fingerprint density at radius 1 is 1.23 bits per heavy atom. The van der Waals surface area contributed by atoms with Gasteiger partial charge >= 0.3 is 0 Å². The van der Waals surface area contributed by atoms with Crippen LogP contribution in [-0.2, 0) is 4.79 Å². The van der Waals surface area contributed by atoms with Crippen molar-refractivity contribution >= 4 is 22.6 Å². The number of aryl methyl sites for hydroxylation is 2. The molecule has 1 amide bonds. The van der Waals surface area contributed by atoms with Crippen molar-refractivity contribution in [3.63, 3.8) is 0 Å². The van der Waals surface area contributed by atoms with Crippen molar-refractivity contribution in [2.45, 2.75) is 26.7 Å². The van der Waals surface area contributed by atoms with Crippen LogP contribution in [0.1, 0.15) is 29.5 Å². The van der Waals surface area contributed by atoms with Crippen molar-refractivity contribution in [2.24, 2.45) is 0 Å². The van der Waals surface area contributed by atoms with Crippen LogP contribution in [0.25, 0.3) is 10.9 Å². The summed E-state index contributed by atoms with van der Waals surface area (Å²) in [4.78, 5) is 16.7. The zero-order valence-electron chi connectivity index (χ0n) is 15.1. The number of allylic oxidation sites excluding steroid dienone is 2. The molecule has 0 radical (unpaired) electrons. The van der Waals surface area contributed by atoms with Gasteiger partial charge in [-0.2, -0.15) is 5.26 Å². The fourth-order valence-electron chi connectivity index (χ4n) is 3.09. The maximum Gasteiger partial charge on any atom is 0.251 e. The summed E-state index contributed by atoms with van der Waals surface area (Å²) in [6.07, 6.45) is 7.71. The van der Waals surface area contributed by atoms with Gasteiger partial charge in [0.2, 0.25) is 0 Å². The summed E-state index contributed by atoms with van der Waals surface area (Å²) in [7, 11) is 0. The highest BCUT2D eigenvalue weighted by Gasteiger charge is 2.10. The van der Waals surface area contributed by atoms with Gasteiger partial charge in [0.05, 0.1) is 11.1 Å². The molecular formula is C21H22N4O. The minimum atomic E-state index is -0.0685. The maximum atomic E-state index is 12.1.